The first-order valence-corrected chi connectivity index (χ1v) is 29.2. The van der Waals surface area contributed by atoms with E-state index in [1.807, 2.05) is 4.98 Å². The molecule has 424 valence electrons. The van der Waals surface area contributed by atoms with Gasteiger partial charge in [0, 0.05) is 45.8 Å². The summed E-state index contributed by atoms with van der Waals surface area (Å²) in [5.41, 5.74) is 9.32. The highest BCUT2D eigenvalue weighted by molar-refractivity contribution is 8.09. The molecule has 0 saturated carbocycles. The first-order chi connectivity index (χ1) is 36.0. The van der Waals surface area contributed by atoms with Crippen molar-refractivity contribution >= 4 is 82.0 Å². The molecule has 0 aliphatic carbocycles. The number of carbonyl (C=O) groups excluding carboxylic acids is 1. The van der Waals surface area contributed by atoms with Gasteiger partial charge in [-0.25, -0.2) is 46.6 Å². The summed E-state index contributed by atoms with van der Waals surface area (Å²) in [5, 5.41) is 32.8. The third-order valence-corrected chi connectivity index (χ3v) is 18.5. The number of fused-ring (bicyclic) bond motifs is 2. The number of amides is 1. The largest absolute Gasteiger partial charge is 0.479 e. The van der Waals surface area contributed by atoms with Gasteiger partial charge in [0.05, 0.1) is 39.3 Å². The molecule has 3 fully saturated rings. The monoisotopic (exact) mass is 1190 g/mol. The number of hydrogen-bond acceptors (Lipinski definition) is 27. The van der Waals surface area contributed by atoms with Gasteiger partial charge in [0.15, 0.2) is 30.2 Å². The van der Waals surface area contributed by atoms with Crippen molar-refractivity contribution in [2.75, 3.05) is 52.5 Å². The van der Waals surface area contributed by atoms with E-state index in [9.17, 15) is 67.8 Å². The number of nitrogens with zero attached hydrogens (tertiary/aromatic N) is 9. The highest BCUT2D eigenvalue weighted by Crippen LogP contribution is 2.68. The highest BCUT2D eigenvalue weighted by Gasteiger charge is 2.54. The van der Waals surface area contributed by atoms with Gasteiger partial charge in [-0.3, -0.25) is 56.1 Å². The zero-order chi connectivity index (χ0) is 56.3. The van der Waals surface area contributed by atoms with Gasteiger partial charge in [0.25, 0.3) is 17.1 Å². The summed E-state index contributed by atoms with van der Waals surface area (Å²) >= 11 is 4.77. The number of anilines is 2. The molecule has 13 N–H and O–H groups in total. The van der Waals surface area contributed by atoms with Crippen LogP contribution in [0.15, 0.2) is 45.6 Å². The van der Waals surface area contributed by atoms with E-state index in [1.165, 1.54) is 46.1 Å². The summed E-state index contributed by atoms with van der Waals surface area (Å²) in [4.78, 5) is 115. The third kappa shape index (κ3) is 12.7. The Balaban J connectivity index is 0.951. The van der Waals surface area contributed by atoms with Crippen LogP contribution >= 0.6 is 30.2 Å². The number of nitrogen functional groups attached to an aromatic ring is 2. The van der Waals surface area contributed by atoms with E-state index < -0.39 is 153 Å². The Morgan fingerprint density at radius 3 is 2.13 bits per heavy atom. The summed E-state index contributed by atoms with van der Waals surface area (Å²) in [6, 6.07) is 0.931. The number of aromatic nitrogens is 10. The predicted molar refractivity (Wildman–Crippen MR) is 255 cm³/mol. The lowest BCUT2D eigenvalue weighted by Gasteiger charge is -2.26. The van der Waals surface area contributed by atoms with Gasteiger partial charge in [-0.05, 0) is 11.8 Å². The Hall–Kier alpha value is -4.69. The number of methoxy groups -OCH3 is 1. The number of H-pyrrole nitrogens is 2. The van der Waals surface area contributed by atoms with Crippen LogP contribution in [0.3, 0.4) is 0 Å². The molecule has 3 aliphatic heterocycles. The molecular formula is C35H50N13O24P4S+. The fourth-order valence-electron chi connectivity index (χ4n) is 8.51. The van der Waals surface area contributed by atoms with Crippen LogP contribution in [0.2, 0.25) is 0 Å². The van der Waals surface area contributed by atoms with Crippen molar-refractivity contribution in [3.63, 3.8) is 0 Å². The number of imidazole rings is 2. The smallest absolute Gasteiger partial charge is 0.387 e. The Morgan fingerprint density at radius 2 is 1.48 bits per heavy atom. The van der Waals surface area contributed by atoms with Gasteiger partial charge < -0.3 is 70.2 Å². The number of aromatic amines is 2. The number of aliphatic hydroxyl groups is 3. The molecule has 0 aromatic carbocycles. The summed E-state index contributed by atoms with van der Waals surface area (Å²) in [5.74, 6) is -2.07. The number of phosphoric ester groups is 3. The van der Waals surface area contributed by atoms with Gasteiger partial charge in [-0.1, -0.05) is 4.98 Å². The van der Waals surface area contributed by atoms with Crippen molar-refractivity contribution in [3.05, 3.63) is 62.4 Å². The number of rotatable bonds is 21. The van der Waals surface area contributed by atoms with Crippen molar-refractivity contribution < 1.29 is 104 Å². The standard InChI is InChI=1S/C35H49N13O24P4S/c1-44(2)19(50)7-14-15(67-31(22(14)51)48-13-45(3)21-29(48)42-34(37)43-30(21)54)8-65-74(58,59)71-76(62,77)72-75(60,61)66-10-17-25(26(63-4)33(69-17)47-12-40-20-27(36)38-11-39-28(20)47)70-73(56,57)64-9-16-23(52)24(53)32(68-16)46-6-5-18(49)41-35(46)55/h5-6,11-17,22-26,31-33,51-53H,7-10H2,1-4H3,(H9-,36,37,38,39,41,42,43,49,54,55,56,57,58,59,60,61,62,77)/p+1/t14-,15-,16-,17-,22-,23-,24-,25-,26-,31?,32-,33-,76?/m1/s1. The Labute approximate surface area is 434 Å². The summed E-state index contributed by atoms with van der Waals surface area (Å²) < 4.78 is 98.0. The molecule has 5 aromatic heterocycles. The van der Waals surface area contributed by atoms with Gasteiger partial charge in [0.2, 0.25) is 17.7 Å². The molecule has 42 heteroatoms. The Kier molecular flexibility index (Phi) is 17.0. The Bertz CT molecular complexity index is 3420. The maximum Gasteiger partial charge on any atom is 0.479 e. The van der Waals surface area contributed by atoms with Gasteiger partial charge >= 0.3 is 41.5 Å². The van der Waals surface area contributed by atoms with Crippen molar-refractivity contribution in [1.29, 1.82) is 0 Å². The number of ether oxygens (including phenoxy) is 4. The average Bonchev–Trinajstić information content (AvgIpc) is 4.13. The van der Waals surface area contributed by atoms with Crippen LogP contribution in [0.25, 0.3) is 22.3 Å². The van der Waals surface area contributed by atoms with E-state index >= 15 is 0 Å². The number of nitrogens with one attached hydrogen (secondary N) is 2. The lowest BCUT2D eigenvalue weighted by Crippen LogP contribution is -2.45. The molecule has 5 unspecified atom stereocenters. The van der Waals surface area contributed by atoms with Gasteiger partial charge in [-0.2, -0.15) is 0 Å². The zero-order valence-electron chi connectivity index (χ0n) is 40.1. The summed E-state index contributed by atoms with van der Waals surface area (Å²) in [6.07, 6.45) is -13.8. The van der Waals surface area contributed by atoms with E-state index in [2.05, 4.69) is 33.5 Å². The molecule has 16 atom stereocenters. The second-order valence-corrected chi connectivity index (χ2v) is 24.8. The van der Waals surface area contributed by atoms with Crippen LogP contribution in [-0.2, 0) is 83.0 Å². The minimum Gasteiger partial charge on any atom is -0.387 e. The molecule has 37 nitrogen and oxygen atoms in total. The number of aryl methyl sites for hydroxylation is 1. The number of hydrogen-bond donors (Lipinski definition) is 11. The molecule has 8 rings (SSSR count). The maximum absolute atomic E-state index is 13.6. The SMILES string of the molecule is CO[C@@H]1[C@H](OP(=O)(O)OC[C@H]2O[C@@H](n3ccc(=O)[nH]c3=O)[C@H](O)[C@@H]2O)[C@@H](COP(=O)(O)OP(O)(=S)OP(=O)(O)OC[C@H]2OC([n+]3cn(C)c4c(=O)[nH]c(N)nc43)[C@H](O)[C@@H]2CC(=O)N(C)C)O[C@H]1n1cnc2c(N)ncnc21. The number of phosphoric acid groups is 3. The van der Waals surface area contributed by atoms with E-state index in [4.69, 9.17) is 60.3 Å². The molecule has 77 heavy (non-hydrogen) atoms. The predicted octanol–water partition coefficient (Wildman–Crippen LogP) is -4.03. The number of carbonyl (C=O) groups is 1. The molecule has 3 saturated heterocycles. The first-order valence-electron chi connectivity index (χ1n) is 22.1. The second kappa shape index (κ2) is 22.4. The van der Waals surface area contributed by atoms with E-state index in [1.54, 1.807) is 0 Å². The molecule has 0 spiro atoms. The number of nitrogens with two attached hydrogens (primary N) is 2. The third-order valence-electron chi connectivity index (χ3n) is 12.1. The van der Waals surface area contributed by atoms with Crippen molar-refractivity contribution in [2.24, 2.45) is 13.0 Å². The highest BCUT2D eigenvalue weighted by atomic mass is 32.5. The van der Waals surface area contributed by atoms with Gasteiger partial charge in [-0.15, -0.1) is 0 Å². The molecule has 1 amide bonds. The van der Waals surface area contributed by atoms with Crippen molar-refractivity contribution in [3.8, 4) is 0 Å². The molecular weight excluding hydrogens is 1140 g/mol. The van der Waals surface area contributed by atoms with Crippen LogP contribution in [0.5, 0.6) is 0 Å². The quantitative estimate of drug-likeness (QED) is 0.0246. The number of aliphatic hydroxyl groups excluding tert-OH is 3. The molecule has 3 aliphatic rings. The normalized spacial score (nSPS) is 29.8. The van der Waals surface area contributed by atoms with Crippen LogP contribution in [0.1, 0.15) is 25.1 Å². The van der Waals surface area contributed by atoms with Gasteiger partial charge in [0.1, 0.15) is 54.6 Å². The summed E-state index contributed by atoms with van der Waals surface area (Å²) in [7, 11) is -11.4. The first kappa shape index (κ1) is 58.5. The lowest BCUT2D eigenvalue weighted by molar-refractivity contribution is -0.745. The molecule has 0 radical (unpaired) electrons. The second-order valence-electron chi connectivity index (χ2n) is 17.4. The minimum absolute atomic E-state index is 0.0127. The maximum atomic E-state index is 13.6. The van der Waals surface area contributed by atoms with E-state index in [-0.39, 0.29) is 34.1 Å². The Morgan fingerprint density at radius 1 is 0.844 bits per heavy atom. The van der Waals surface area contributed by atoms with Crippen LogP contribution in [0.4, 0.5) is 11.8 Å². The lowest BCUT2D eigenvalue weighted by atomic mass is 9.94. The topological polar surface area (TPSA) is 510 Å². The summed E-state index contributed by atoms with van der Waals surface area (Å²) in [6.45, 7) is -8.56. The average molecular weight is 1190 g/mol. The van der Waals surface area contributed by atoms with Crippen molar-refractivity contribution in [2.45, 2.75) is 73.9 Å². The van der Waals surface area contributed by atoms with Crippen LogP contribution < -0.4 is 32.8 Å². The fourth-order valence-corrected chi connectivity index (χ4v) is 14.5. The molecule has 0 bridgehead atoms. The van der Waals surface area contributed by atoms with Crippen LogP contribution in [-0.4, -0.2) is 179 Å². The zero-order valence-corrected chi connectivity index (χ0v) is 44.5. The fraction of sp³-hybridized carbons (Fsp3) is 0.571. The molecule has 8 heterocycles. The van der Waals surface area contributed by atoms with Crippen LogP contribution in [0, 0.1) is 5.92 Å². The minimum atomic E-state index is -5.78. The molecule has 5 aromatic rings. The van der Waals surface area contributed by atoms with E-state index in [0.717, 1.165) is 36.6 Å². The van der Waals surface area contributed by atoms with E-state index in [0.29, 0.717) is 0 Å². The van der Waals surface area contributed by atoms with Crippen molar-refractivity contribution in [1.82, 2.24) is 48.5 Å².